The van der Waals surface area contributed by atoms with Crippen LogP contribution in [0.1, 0.15) is 51.5 Å². The molecule has 1 aliphatic rings. The van der Waals surface area contributed by atoms with Crippen molar-refractivity contribution >= 4 is 27.3 Å². The van der Waals surface area contributed by atoms with E-state index in [1.54, 1.807) is 36.4 Å². The van der Waals surface area contributed by atoms with E-state index in [1.807, 2.05) is 13.8 Å². The number of amides is 1. The van der Waals surface area contributed by atoms with Gasteiger partial charge in [-0.05, 0) is 61.7 Å². The van der Waals surface area contributed by atoms with Gasteiger partial charge in [-0.3, -0.25) is 9.52 Å². The lowest BCUT2D eigenvalue weighted by Crippen LogP contribution is -2.21. The van der Waals surface area contributed by atoms with Gasteiger partial charge in [-0.2, -0.15) is 4.98 Å². The van der Waals surface area contributed by atoms with E-state index in [4.69, 9.17) is 10.3 Å². The van der Waals surface area contributed by atoms with Crippen LogP contribution in [0.5, 0.6) is 0 Å². The van der Waals surface area contributed by atoms with Crippen LogP contribution in [0.25, 0.3) is 11.4 Å². The first-order valence-electron chi connectivity index (χ1n) is 10.8. The van der Waals surface area contributed by atoms with Gasteiger partial charge in [0.15, 0.2) is 0 Å². The van der Waals surface area contributed by atoms with Crippen LogP contribution >= 0.6 is 0 Å². The van der Waals surface area contributed by atoms with E-state index in [0.717, 1.165) is 25.7 Å². The number of nitrogens with zero attached hydrogens (tertiary/aromatic N) is 2. The quantitative estimate of drug-likeness (QED) is 0.429. The molecule has 1 fully saturated rings. The fraction of sp³-hybridized carbons (Fsp3) is 0.348. The molecule has 2 aromatic carbocycles. The van der Waals surface area contributed by atoms with Crippen LogP contribution in [0.3, 0.4) is 0 Å². The standard InChI is InChI=1S/C23H27N5O4S/c1-3-5-19(24)21-26-20(27-32-21)15-8-10-18(11-9-15)33(30,31)28-17-7-4-6-16(14-17)25-22(29)23(2)12-13-23/h4,6-11,14,19,28H,3,5,12-13,24H2,1-2H3,(H,25,29)/t19-/m0/s1. The summed E-state index contributed by atoms with van der Waals surface area (Å²) in [5.41, 5.74) is 7.19. The Bertz CT molecular complexity index is 1250. The summed E-state index contributed by atoms with van der Waals surface area (Å²) in [5.74, 6) is 0.646. The average Bonchev–Trinajstić information content (AvgIpc) is 3.34. The second kappa shape index (κ2) is 8.95. The summed E-state index contributed by atoms with van der Waals surface area (Å²) >= 11 is 0. The maximum absolute atomic E-state index is 12.9. The third-order valence-electron chi connectivity index (χ3n) is 5.70. The van der Waals surface area contributed by atoms with Gasteiger partial charge in [-0.25, -0.2) is 8.42 Å². The average molecular weight is 470 g/mol. The largest absolute Gasteiger partial charge is 0.337 e. The second-order valence-electron chi connectivity index (χ2n) is 8.58. The number of hydrogen-bond acceptors (Lipinski definition) is 7. The van der Waals surface area contributed by atoms with Gasteiger partial charge in [0.1, 0.15) is 0 Å². The lowest BCUT2D eigenvalue weighted by molar-refractivity contribution is -0.120. The Balaban J connectivity index is 1.46. The van der Waals surface area contributed by atoms with Gasteiger partial charge >= 0.3 is 0 Å². The zero-order valence-corrected chi connectivity index (χ0v) is 19.4. The highest BCUT2D eigenvalue weighted by atomic mass is 32.2. The van der Waals surface area contributed by atoms with Crippen LogP contribution in [-0.4, -0.2) is 24.5 Å². The monoisotopic (exact) mass is 469 g/mol. The van der Waals surface area contributed by atoms with E-state index in [2.05, 4.69) is 20.2 Å². The van der Waals surface area contributed by atoms with Crippen molar-refractivity contribution in [2.45, 2.75) is 50.5 Å². The van der Waals surface area contributed by atoms with Crippen molar-refractivity contribution in [2.24, 2.45) is 11.1 Å². The molecule has 0 saturated heterocycles. The molecule has 4 rings (SSSR count). The predicted octanol–water partition coefficient (Wildman–Crippen LogP) is 4.08. The minimum Gasteiger partial charge on any atom is -0.337 e. The molecule has 0 spiro atoms. The van der Waals surface area contributed by atoms with Crippen molar-refractivity contribution in [3.05, 3.63) is 54.4 Å². The van der Waals surface area contributed by atoms with E-state index in [0.29, 0.717) is 28.7 Å². The van der Waals surface area contributed by atoms with Crippen molar-refractivity contribution in [2.75, 3.05) is 10.0 Å². The first kappa shape index (κ1) is 22.9. The number of nitrogens with two attached hydrogens (primary N) is 1. The Morgan fingerprint density at radius 3 is 2.55 bits per heavy atom. The zero-order valence-electron chi connectivity index (χ0n) is 18.5. The molecule has 9 nitrogen and oxygen atoms in total. The van der Waals surface area contributed by atoms with Gasteiger partial charge < -0.3 is 15.6 Å². The number of aromatic nitrogens is 2. The molecule has 0 aliphatic heterocycles. The first-order chi connectivity index (χ1) is 15.7. The minimum atomic E-state index is -3.84. The number of carbonyl (C=O) groups excluding carboxylic acids is 1. The summed E-state index contributed by atoms with van der Waals surface area (Å²) in [6.07, 6.45) is 3.34. The van der Waals surface area contributed by atoms with Gasteiger partial charge in [-0.15, -0.1) is 0 Å². The molecule has 10 heteroatoms. The lowest BCUT2D eigenvalue weighted by atomic mass is 10.1. The first-order valence-corrected chi connectivity index (χ1v) is 12.3. The summed E-state index contributed by atoms with van der Waals surface area (Å²) in [6, 6.07) is 12.5. The number of nitrogens with one attached hydrogen (secondary N) is 2. The third-order valence-corrected chi connectivity index (χ3v) is 7.10. The van der Waals surface area contributed by atoms with Crippen molar-refractivity contribution < 1.29 is 17.7 Å². The van der Waals surface area contributed by atoms with Crippen molar-refractivity contribution in [1.82, 2.24) is 10.1 Å². The molecule has 33 heavy (non-hydrogen) atoms. The fourth-order valence-electron chi connectivity index (χ4n) is 3.29. The smallest absolute Gasteiger partial charge is 0.261 e. The van der Waals surface area contributed by atoms with Crippen LogP contribution in [0.4, 0.5) is 11.4 Å². The van der Waals surface area contributed by atoms with E-state index in [9.17, 15) is 13.2 Å². The Hall–Kier alpha value is -3.24. The van der Waals surface area contributed by atoms with Gasteiger partial charge in [-0.1, -0.05) is 31.5 Å². The Kier molecular flexibility index (Phi) is 6.22. The van der Waals surface area contributed by atoms with Crippen LogP contribution in [0, 0.1) is 5.41 Å². The number of benzene rings is 2. The van der Waals surface area contributed by atoms with Gasteiger partial charge in [0.05, 0.1) is 16.6 Å². The normalized spacial score (nSPS) is 15.6. The number of hydrogen-bond donors (Lipinski definition) is 3. The molecule has 1 heterocycles. The molecular weight excluding hydrogens is 442 g/mol. The van der Waals surface area contributed by atoms with Gasteiger partial charge in [0.25, 0.3) is 10.0 Å². The topological polar surface area (TPSA) is 140 Å². The van der Waals surface area contributed by atoms with Gasteiger partial charge in [0, 0.05) is 16.7 Å². The van der Waals surface area contributed by atoms with Crippen molar-refractivity contribution in [3.8, 4) is 11.4 Å². The molecule has 1 atom stereocenters. The highest BCUT2D eigenvalue weighted by molar-refractivity contribution is 7.92. The van der Waals surface area contributed by atoms with E-state index < -0.39 is 10.0 Å². The molecule has 0 radical (unpaired) electrons. The fourth-order valence-corrected chi connectivity index (χ4v) is 4.34. The highest BCUT2D eigenvalue weighted by Crippen LogP contribution is 2.45. The lowest BCUT2D eigenvalue weighted by Gasteiger charge is -2.12. The summed E-state index contributed by atoms with van der Waals surface area (Å²) in [4.78, 5) is 16.7. The molecule has 1 aliphatic carbocycles. The number of rotatable bonds is 9. The molecule has 174 valence electrons. The number of sulfonamides is 1. The van der Waals surface area contributed by atoms with Crippen LogP contribution in [0.15, 0.2) is 57.9 Å². The highest BCUT2D eigenvalue weighted by Gasteiger charge is 2.44. The molecule has 1 saturated carbocycles. The SMILES string of the molecule is CCC[C@H](N)c1nc(-c2ccc(S(=O)(=O)Nc3cccc(NC(=O)C4(C)CC4)c3)cc2)no1. The maximum Gasteiger partial charge on any atom is 0.261 e. The summed E-state index contributed by atoms with van der Waals surface area (Å²) < 4.78 is 33.5. The Morgan fingerprint density at radius 2 is 1.88 bits per heavy atom. The Morgan fingerprint density at radius 1 is 1.18 bits per heavy atom. The van der Waals surface area contributed by atoms with Crippen LogP contribution < -0.4 is 15.8 Å². The molecule has 1 amide bonds. The van der Waals surface area contributed by atoms with E-state index in [1.165, 1.54) is 12.1 Å². The molecule has 1 aromatic heterocycles. The van der Waals surface area contributed by atoms with E-state index >= 15 is 0 Å². The minimum absolute atomic E-state index is 0.0571. The molecular formula is C23H27N5O4S. The third kappa shape index (κ3) is 5.23. The molecule has 4 N–H and O–H groups in total. The zero-order chi connectivity index (χ0) is 23.6. The second-order valence-corrected chi connectivity index (χ2v) is 10.3. The Labute approximate surface area is 192 Å². The van der Waals surface area contributed by atoms with Crippen LogP contribution in [-0.2, 0) is 14.8 Å². The molecule has 0 bridgehead atoms. The van der Waals surface area contributed by atoms with Crippen LogP contribution in [0.2, 0.25) is 0 Å². The van der Waals surface area contributed by atoms with Gasteiger partial charge in [0.2, 0.25) is 17.6 Å². The predicted molar refractivity (Wildman–Crippen MR) is 125 cm³/mol. The van der Waals surface area contributed by atoms with Crippen molar-refractivity contribution in [3.63, 3.8) is 0 Å². The number of carbonyl (C=O) groups is 1. The number of anilines is 2. The molecule has 3 aromatic rings. The summed E-state index contributed by atoms with van der Waals surface area (Å²) in [7, 11) is -3.84. The summed E-state index contributed by atoms with van der Waals surface area (Å²) in [5, 5.41) is 6.79. The summed E-state index contributed by atoms with van der Waals surface area (Å²) in [6.45, 7) is 3.93. The van der Waals surface area contributed by atoms with Crippen molar-refractivity contribution in [1.29, 1.82) is 0 Å². The maximum atomic E-state index is 12.9. The van der Waals surface area contributed by atoms with E-state index in [-0.39, 0.29) is 22.3 Å². The molecule has 0 unspecified atom stereocenters.